The van der Waals surface area contributed by atoms with Gasteiger partial charge < -0.3 is 45.9 Å². The molecule has 56 heavy (non-hydrogen) atoms. The number of alkyl halides is 3. The van der Waals surface area contributed by atoms with E-state index in [1.54, 1.807) is 30.3 Å². The van der Waals surface area contributed by atoms with Crippen molar-refractivity contribution in [2.75, 3.05) is 38.0 Å². The molecule has 3 amide bonds. The lowest BCUT2D eigenvalue weighted by molar-refractivity contribution is -0.154. The number of carbonyl (C=O) groups excluding carboxylic acids is 3. The predicted molar refractivity (Wildman–Crippen MR) is 195 cm³/mol. The zero-order chi connectivity index (χ0) is 40.5. The molecule has 0 aliphatic heterocycles. The normalized spacial score (nSPS) is 13.4. The third kappa shape index (κ3) is 11.3. The maximum absolute atomic E-state index is 12.9. The quantitative estimate of drug-likeness (QED) is 0.0822. The van der Waals surface area contributed by atoms with Gasteiger partial charge in [0, 0.05) is 41.0 Å². The molecule has 16 nitrogen and oxygen atoms in total. The fraction of sp³-hybridized carbons (Fsp3) is 0.306. The molecule has 3 aromatic carbocycles. The van der Waals surface area contributed by atoms with Crippen LogP contribution in [0.5, 0.6) is 17.5 Å². The molecule has 1 aliphatic rings. The van der Waals surface area contributed by atoms with E-state index in [0.29, 0.717) is 40.6 Å². The molecule has 296 valence electrons. The van der Waals surface area contributed by atoms with Crippen LogP contribution < -0.4 is 40.8 Å². The average Bonchev–Trinajstić information content (AvgIpc) is 3.95. The molecule has 0 radical (unpaired) electrons. The monoisotopic (exact) mass is 800 g/mol. The van der Waals surface area contributed by atoms with Gasteiger partial charge in [-0.05, 0) is 73.4 Å². The molecule has 1 aromatic heterocycles. The molecule has 0 unspecified atom stereocenters. The summed E-state index contributed by atoms with van der Waals surface area (Å²) in [6.45, 7) is -1.92. The van der Waals surface area contributed by atoms with E-state index in [-0.39, 0.29) is 37.0 Å². The lowest BCUT2D eigenvalue weighted by Gasteiger charge is -2.19. The smallest absolute Gasteiger partial charge is 0.422 e. The molecule has 5 rings (SSSR count). The number of nitrogens with one attached hydrogen (secondary N) is 5. The number of aromatic nitrogens is 3. The molecule has 0 spiro atoms. The number of rotatable bonds is 17. The summed E-state index contributed by atoms with van der Waals surface area (Å²) in [4.78, 5) is 61.8. The highest BCUT2D eigenvalue weighted by atomic mass is 35.5. The fourth-order valence-corrected chi connectivity index (χ4v) is 5.40. The molecule has 0 saturated heterocycles. The van der Waals surface area contributed by atoms with Crippen LogP contribution in [0.4, 0.5) is 30.8 Å². The summed E-state index contributed by atoms with van der Waals surface area (Å²) in [6, 6.07) is 15.6. The van der Waals surface area contributed by atoms with Crippen LogP contribution in [0.1, 0.15) is 40.7 Å². The summed E-state index contributed by atoms with van der Waals surface area (Å²) in [5.74, 6) is -3.35. The van der Waals surface area contributed by atoms with Gasteiger partial charge in [-0.3, -0.25) is 14.4 Å². The Balaban J connectivity index is 1.16. The Labute approximate surface area is 322 Å². The van der Waals surface area contributed by atoms with Crippen LogP contribution in [0.15, 0.2) is 66.7 Å². The highest BCUT2D eigenvalue weighted by Crippen LogP contribution is 2.48. The van der Waals surface area contributed by atoms with Crippen molar-refractivity contribution < 1.29 is 51.7 Å². The van der Waals surface area contributed by atoms with Crippen molar-refractivity contribution in [3.05, 3.63) is 88.4 Å². The molecular formula is C36H36ClF3N8O8. The fourth-order valence-electron chi connectivity index (χ4n) is 5.27. The molecular weight excluding hydrogens is 765 g/mol. The Bertz CT molecular complexity index is 2050. The van der Waals surface area contributed by atoms with Crippen molar-refractivity contribution in [3.8, 4) is 17.5 Å². The Morgan fingerprint density at radius 1 is 0.893 bits per heavy atom. The second kappa shape index (κ2) is 17.8. The van der Waals surface area contributed by atoms with Crippen molar-refractivity contribution >= 4 is 52.9 Å². The van der Waals surface area contributed by atoms with E-state index in [1.807, 2.05) is 12.1 Å². The summed E-state index contributed by atoms with van der Waals surface area (Å²) in [7, 11) is 2.93. The topological polar surface area (TPSA) is 215 Å². The van der Waals surface area contributed by atoms with Crippen LogP contribution in [0.25, 0.3) is 0 Å². The number of carboxylic acids is 1. The van der Waals surface area contributed by atoms with Crippen molar-refractivity contribution in [2.45, 2.75) is 43.6 Å². The predicted octanol–water partition coefficient (Wildman–Crippen LogP) is 4.33. The largest absolute Gasteiger partial charge is 0.497 e. The molecule has 6 N–H and O–H groups in total. The third-order valence-electron chi connectivity index (χ3n) is 8.34. The summed E-state index contributed by atoms with van der Waals surface area (Å²) in [5.41, 5.74) is 1.27. The van der Waals surface area contributed by atoms with Gasteiger partial charge in [0.15, 0.2) is 6.61 Å². The Kier molecular flexibility index (Phi) is 13.0. The maximum Gasteiger partial charge on any atom is 0.422 e. The van der Waals surface area contributed by atoms with Crippen molar-refractivity contribution in [1.82, 2.24) is 30.9 Å². The van der Waals surface area contributed by atoms with Gasteiger partial charge in [0.05, 0.1) is 19.8 Å². The second-order valence-electron chi connectivity index (χ2n) is 12.4. The second-order valence-corrected chi connectivity index (χ2v) is 12.8. The van der Waals surface area contributed by atoms with Crippen LogP contribution in [0.2, 0.25) is 5.02 Å². The Morgan fingerprint density at radius 2 is 1.57 bits per heavy atom. The van der Waals surface area contributed by atoms with Gasteiger partial charge in [0.2, 0.25) is 11.9 Å². The summed E-state index contributed by atoms with van der Waals surface area (Å²) in [6.07, 6.45) is -3.51. The van der Waals surface area contributed by atoms with E-state index in [2.05, 4.69) is 41.5 Å². The number of anilines is 3. The minimum Gasteiger partial charge on any atom is -0.497 e. The zero-order valence-electron chi connectivity index (χ0n) is 29.8. The molecule has 1 saturated carbocycles. The van der Waals surface area contributed by atoms with Crippen LogP contribution in [-0.2, 0) is 26.5 Å². The minimum absolute atomic E-state index is 0.0292. The number of hydrogen-bond donors (Lipinski definition) is 6. The van der Waals surface area contributed by atoms with Gasteiger partial charge in [0.1, 0.15) is 17.5 Å². The first-order valence-corrected chi connectivity index (χ1v) is 17.2. The van der Waals surface area contributed by atoms with Crippen LogP contribution in [-0.4, -0.2) is 83.3 Å². The molecule has 1 fully saturated rings. The SMILES string of the molecule is COc1ccc(CNC(=O)C(=O)NCC[C@H](NC(=O)c2ccc(Nc3nc(NC4(c5ccc(Cl)cc5)CC4)nc(OCC(F)(F)F)n3)cc2)C(=O)O)c(OC)c1. The maximum atomic E-state index is 12.9. The first-order valence-electron chi connectivity index (χ1n) is 16.8. The molecule has 4 aromatic rings. The van der Waals surface area contributed by atoms with E-state index in [4.69, 9.17) is 25.8 Å². The molecule has 1 aliphatic carbocycles. The molecule has 20 heteroatoms. The van der Waals surface area contributed by atoms with E-state index < -0.39 is 54.1 Å². The van der Waals surface area contributed by atoms with E-state index in [1.165, 1.54) is 38.5 Å². The van der Waals surface area contributed by atoms with Gasteiger partial charge in [-0.15, -0.1) is 0 Å². The first-order chi connectivity index (χ1) is 26.7. The summed E-state index contributed by atoms with van der Waals surface area (Å²) in [5, 5.41) is 23.4. The highest BCUT2D eigenvalue weighted by Gasteiger charge is 2.45. The van der Waals surface area contributed by atoms with E-state index >= 15 is 0 Å². The van der Waals surface area contributed by atoms with Crippen LogP contribution >= 0.6 is 11.6 Å². The van der Waals surface area contributed by atoms with E-state index in [9.17, 15) is 37.5 Å². The molecule has 0 bridgehead atoms. The summed E-state index contributed by atoms with van der Waals surface area (Å²) < 4.78 is 54.0. The highest BCUT2D eigenvalue weighted by molar-refractivity contribution is 6.35. The molecule has 1 heterocycles. The third-order valence-corrected chi connectivity index (χ3v) is 8.59. The first kappa shape index (κ1) is 40.8. The van der Waals surface area contributed by atoms with Gasteiger partial charge >= 0.3 is 30.0 Å². The Morgan fingerprint density at radius 3 is 2.20 bits per heavy atom. The van der Waals surface area contributed by atoms with Gasteiger partial charge in [-0.25, -0.2) is 4.79 Å². The number of halogens is 4. The average molecular weight is 801 g/mol. The lowest BCUT2D eigenvalue weighted by atomic mass is 10.1. The van der Waals surface area contributed by atoms with Crippen molar-refractivity contribution in [2.24, 2.45) is 0 Å². The number of methoxy groups -OCH3 is 2. The van der Waals surface area contributed by atoms with Crippen molar-refractivity contribution in [3.63, 3.8) is 0 Å². The van der Waals surface area contributed by atoms with Gasteiger partial charge in [-0.2, -0.15) is 28.1 Å². The van der Waals surface area contributed by atoms with Crippen LogP contribution in [0.3, 0.4) is 0 Å². The number of carbonyl (C=O) groups is 4. The zero-order valence-corrected chi connectivity index (χ0v) is 30.6. The number of aliphatic carboxylic acids is 1. The summed E-state index contributed by atoms with van der Waals surface area (Å²) >= 11 is 6.02. The number of nitrogens with zero attached hydrogens (tertiary/aromatic N) is 3. The van der Waals surface area contributed by atoms with Gasteiger partial charge in [-0.1, -0.05) is 23.7 Å². The number of carboxylic acid groups (broad SMARTS) is 1. The van der Waals surface area contributed by atoms with Crippen LogP contribution in [0, 0.1) is 0 Å². The molecule has 1 atom stereocenters. The minimum atomic E-state index is -4.65. The van der Waals surface area contributed by atoms with E-state index in [0.717, 1.165) is 5.56 Å². The number of hydrogen-bond acceptors (Lipinski definition) is 12. The number of amides is 3. The standard InChI is InChI=1S/C36H36ClF3N8O8/c1-54-25-12-5-21(27(17-25)55-2)18-42-30(51)29(50)41-16-13-26(31(52)53)44-28(49)20-3-10-24(11-4-20)43-32-45-33(47-34(46-32)56-19-36(38,39)40)48-35(14-15-35)22-6-8-23(37)9-7-22/h3-12,17,26H,13-16,18-19H2,1-2H3,(H,41,50)(H,42,51)(H,44,49)(H,52,53)(H2,43,45,46,47,48)/t26-/m0/s1. The van der Waals surface area contributed by atoms with Gasteiger partial charge in [0.25, 0.3) is 5.91 Å². The Hall–Kier alpha value is -6.37. The lowest BCUT2D eigenvalue weighted by Crippen LogP contribution is -2.45. The van der Waals surface area contributed by atoms with Crippen molar-refractivity contribution in [1.29, 1.82) is 0 Å². The number of ether oxygens (including phenoxy) is 3. The number of benzene rings is 3.